The van der Waals surface area contributed by atoms with Crippen molar-refractivity contribution in [1.82, 2.24) is 0 Å². The van der Waals surface area contributed by atoms with E-state index in [2.05, 4.69) is 0 Å². The summed E-state index contributed by atoms with van der Waals surface area (Å²) < 4.78 is 10.7. The number of rotatable bonds is 1. The highest BCUT2D eigenvalue weighted by atomic mass is 16.8. The molecule has 2 aromatic carbocycles. The summed E-state index contributed by atoms with van der Waals surface area (Å²) in [4.78, 5) is 0. The van der Waals surface area contributed by atoms with Crippen LogP contribution in [0.5, 0.6) is 0 Å². The second-order valence-electron chi connectivity index (χ2n) is 3.82. The van der Waals surface area contributed by atoms with Crippen LogP contribution in [0.2, 0.25) is 0 Å². The molecule has 3 nitrogen and oxygen atoms in total. The first kappa shape index (κ1) is 9.78. The predicted octanol–water partition coefficient (Wildman–Crippen LogP) is 2.20. The van der Waals surface area contributed by atoms with Crippen LogP contribution in [0.1, 0.15) is 11.9 Å². The van der Waals surface area contributed by atoms with Gasteiger partial charge in [-0.3, -0.25) is 0 Å². The van der Waals surface area contributed by atoms with Crippen LogP contribution >= 0.6 is 0 Å². The van der Waals surface area contributed by atoms with Gasteiger partial charge in [-0.15, -0.1) is 0 Å². The maximum atomic E-state index is 9.29. The first-order valence-corrected chi connectivity index (χ1v) is 5.27. The van der Waals surface area contributed by atoms with E-state index in [0.29, 0.717) is 0 Å². The minimum Gasteiger partial charge on any atom is -0.366 e. The summed E-state index contributed by atoms with van der Waals surface area (Å²) in [5.41, 5.74) is 0.967. The van der Waals surface area contributed by atoms with E-state index in [1.807, 2.05) is 42.5 Å². The molecule has 0 saturated carbocycles. The highest BCUT2D eigenvalue weighted by Gasteiger charge is 2.26. The van der Waals surface area contributed by atoms with Crippen molar-refractivity contribution in [3.8, 4) is 0 Å². The summed E-state index contributed by atoms with van der Waals surface area (Å²) >= 11 is 0. The molecule has 2 atom stereocenters. The number of fused-ring (bicyclic) bond motifs is 1. The van der Waals surface area contributed by atoms with Gasteiger partial charge in [-0.25, -0.2) is 0 Å². The third kappa shape index (κ3) is 1.59. The Labute approximate surface area is 93.2 Å². The molecule has 16 heavy (non-hydrogen) atoms. The summed E-state index contributed by atoms with van der Waals surface area (Å²) in [5.74, 6) is 0. The first-order valence-electron chi connectivity index (χ1n) is 5.27. The fourth-order valence-electron chi connectivity index (χ4n) is 2.01. The van der Waals surface area contributed by atoms with Gasteiger partial charge in [0, 0.05) is 5.56 Å². The van der Waals surface area contributed by atoms with Crippen LogP contribution in [0.25, 0.3) is 10.8 Å². The third-order valence-electron chi connectivity index (χ3n) is 2.75. The second-order valence-corrected chi connectivity index (χ2v) is 3.82. The zero-order chi connectivity index (χ0) is 11.0. The summed E-state index contributed by atoms with van der Waals surface area (Å²) in [6.45, 7) is 0.230. The van der Waals surface area contributed by atoms with Crippen molar-refractivity contribution in [2.24, 2.45) is 0 Å². The minimum atomic E-state index is -0.816. The monoisotopic (exact) mass is 216 g/mol. The Morgan fingerprint density at radius 2 is 1.88 bits per heavy atom. The van der Waals surface area contributed by atoms with E-state index >= 15 is 0 Å². The maximum Gasteiger partial charge on any atom is 0.187 e. The highest BCUT2D eigenvalue weighted by Crippen LogP contribution is 2.31. The molecule has 3 rings (SSSR count). The van der Waals surface area contributed by atoms with Crippen molar-refractivity contribution < 1.29 is 14.6 Å². The molecule has 1 heterocycles. The lowest BCUT2D eigenvalue weighted by Gasteiger charge is -2.12. The molecule has 0 radical (unpaired) electrons. The summed E-state index contributed by atoms with van der Waals surface area (Å²) in [6, 6.07) is 14.0. The number of benzene rings is 2. The Kier molecular flexibility index (Phi) is 2.36. The SMILES string of the molecule is OC1COC(c2cccc3ccccc23)O1. The van der Waals surface area contributed by atoms with Gasteiger partial charge in [-0.2, -0.15) is 0 Å². The van der Waals surface area contributed by atoms with E-state index in [4.69, 9.17) is 9.47 Å². The third-order valence-corrected chi connectivity index (χ3v) is 2.75. The maximum absolute atomic E-state index is 9.29. The molecule has 0 amide bonds. The molecule has 1 N–H and O–H groups in total. The standard InChI is InChI=1S/C13H12O3/c14-12-8-15-13(16-12)11-7-3-5-9-4-1-2-6-10(9)11/h1-7,12-14H,8H2. The van der Waals surface area contributed by atoms with Crippen molar-refractivity contribution in [3.05, 3.63) is 48.0 Å². The van der Waals surface area contributed by atoms with Gasteiger partial charge in [-0.05, 0) is 10.8 Å². The molecule has 1 aliphatic heterocycles. The second kappa shape index (κ2) is 3.87. The lowest BCUT2D eigenvalue weighted by molar-refractivity contribution is -0.116. The quantitative estimate of drug-likeness (QED) is 0.794. The average Bonchev–Trinajstić information content (AvgIpc) is 2.75. The normalized spacial score (nSPS) is 25.1. The van der Waals surface area contributed by atoms with E-state index in [1.54, 1.807) is 0 Å². The predicted molar refractivity (Wildman–Crippen MR) is 59.7 cm³/mol. The van der Waals surface area contributed by atoms with Crippen molar-refractivity contribution in [3.63, 3.8) is 0 Å². The van der Waals surface area contributed by atoms with E-state index in [9.17, 15) is 5.11 Å². The van der Waals surface area contributed by atoms with E-state index < -0.39 is 12.6 Å². The van der Waals surface area contributed by atoms with Crippen molar-refractivity contribution in [2.75, 3.05) is 6.61 Å². The number of hydrogen-bond acceptors (Lipinski definition) is 3. The number of ether oxygens (including phenoxy) is 2. The summed E-state index contributed by atoms with van der Waals surface area (Å²) in [7, 11) is 0. The van der Waals surface area contributed by atoms with Crippen LogP contribution in [0, 0.1) is 0 Å². The number of aliphatic hydroxyl groups is 1. The molecule has 0 bridgehead atoms. The van der Waals surface area contributed by atoms with Gasteiger partial charge in [0.25, 0.3) is 0 Å². The van der Waals surface area contributed by atoms with Gasteiger partial charge < -0.3 is 14.6 Å². The lowest BCUT2D eigenvalue weighted by Crippen LogP contribution is -2.06. The van der Waals surface area contributed by atoms with Crippen LogP contribution in [0.15, 0.2) is 42.5 Å². The Morgan fingerprint density at radius 1 is 1.06 bits per heavy atom. The highest BCUT2D eigenvalue weighted by molar-refractivity contribution is 5.85. The Hall–Kier alpha value is -1.42. The Bertz CT molecular complexity index is 504. The zero-order valence-corrected chi connectivity index (χ0v) is 8.67. The molecule has 0 spiro atoms. The first-order chi connectivity index (χ1) is 7.84. The molecule has 1 saturated heterocycles. The summed E-state index contributed by atoms with van der Waals surface area (Å²) in [6.07, 6.45) is -1.27. The number of aliphatic hydroxyl groups excluding tert-OH is 1. The topological polar surface area (TPSA) is 38.7 Å². The molecule has 1 aliphatic rings. The summed E-state index contributed by atoms with van der Waals surface area (Å²) in [5, 5.41) is 11.5. The minimum absolute atomic E-state index is 0.230. The van der Waals surface area contributed by atoms with Gasteiger partial charge in [0.15, 0.2) is 12.6 Å². The van der Waals surface area contributed by atoms with Gasteiger partial charge >= 0.3 is 0 Å². The molecule has 82 valence electrons. The van der Waals surface area contributed by atoms with Crippen molar-refractivity contribution in [2.45, 2.75) is 12.6 Å². The zero-order valence-electron chi connectivity index (χ0n) is 8.67. The molecule has 0 aromatic heterocycles. The van der Waals surface area contributed by atoms with E-state index in [-0.39, 0.29) is 6.61 Å². The smallest absolute Gasteiger partial charge is 0.187 e. The van der Waals surface area contributed by atoms with Crippen molar-refractivity contribution >= 4 is 10.8 Å². The van der Waals surface area contributed by atoms with Crippen LogP contribution in [-0.4, -0.2) is 18.0 Å². The molecular formula is C13H12O3. The van der Waals surface area contributed by atoms with E-state index in [0.717, 1.165) is 16.3 Å². The van der Waals surface area contributed by atoms with E-state index in [1.165, 1.54) is 0 Å². The number of hydrogen-bond donors (Lipinski definition) is 1. The van der Waals surface area contributed by atoms with Gasteiger partial charge in [-0.1, -0.05) is 42.5 Å². The molecule has 2 aromatic rings. The molecular weight excluding hydrogens is 204 g/mol. The van der Waals surface area contributed by atoms with Crippen LogP contribution in [0.4, 0.5) is 0 Å². The Morgan fingerprint density at radius 3 is 2.69 bits per heavy atom. The molecule has 3 heteroatoms. The largest absolute Gasteiger partial charge is 0.366 e. The van der Waals surface area contributed by atoms with Gasteiger partial charge in [0.1, 0.15) is 6.61 Å². The lowest BCUT2D eigenvalue weighted by atomic mass is 10.0. The fourth-order valence-corrected chi connectivity index (χ4v) is 2.01. The van der Waals surface area contributed by atoms with Gasteiger partial charge in [0.05, 0.1) is 0 Å². The van der Waals surface area contributed by atoms with Crippen molar-refractivity contribution in [1.29, 1.82) is 0 Å². The molecule has 0 aliphatic carbocycles. The fraction of sp³-hybridized carbons (Fsp3) is 0.231. The van der Waals surface area contributed by atoms with Gasteiger partial charge in [0.2, 0.25) is 0 Å². The van der Waals surface area contributed by atoms with Crippen LogP contribution in [-0.2, 0) is 9.47 Å². The Balaban J connectivity index is 2.09. The molecule has 1 fully saturated rings. The molecule has 2 unspecified atom stereocenters. The average molecular weight is 216 g/mol. The van der Waals surface area contributed by atoms with Crippen LogP contribution < -0.4 is 0 Å². The van der Waals surface area contributed by atoms with Crippen LogP contribution in [0.3, 0.4) is 0 Å².